The molecule has 0 aliphatic carbocycles. The molecule has 0 aliphatic rings. The molecule has 1 radical (unpaired) electrons. The minimum absolute atomic E-state index is 0.420. The van der Waals surface area contributed by atoms with Crippen LogP contribution in [0.2, 0.25) is 0 Å². The van der Waals surface area contributed by atoms with Gasteiger partial charge in [-0.15, -0.1) is 0 Å². The van der Waals surface area contributed by atoms with Crippen LogP contribution in [0.25, 0.3) is 0 Å². The van der Waals surface area contributed by atoms with E-state index in [1.807, 2.05) is 0 Å². The van der Waals surface area contributed by atoms with E-state index in [1.54, 1.807) is 0 Å². The van der Waals surface area contributed by atoms with Gasteiger partial charge in [-0.25, -0.2) is 4.39 Å². The van der Waals surface area contributed by atoms with Crippen molar-refractivity contribution < 1.29 is 22.3 Å². The first kappa shape index (κ1) is 9.83. The van der Waals surface area contributed by atoms with Crippen molar-refractivity contribution in [3.8, 4) is 5.75 Å². The Morgan fingerprint density at radius 2 is 2.08 bits per heavy atom. The first-order valence-electron chi connectivity index (χ1n) is 3.34. The third-order valence-electron chi connectivity index (χ3n) is 1.17. The summed E-state index contributed by atoms with van der Waals surface area (Å²) in [5, 5.41) is 0. The van der Waals surface area contributed by atoms with Gasteiger partial charge in [-0.1, -0.05) is 6.07 Å². The number of rotatable bonds is 2. The summed E-state index contributed by atoms with van der Waals surface area (Å²) >= 11 is 0. The summed E-state index contributed by atoms with van der Waals surface area (Å²) in [7, 11) is 0. The van der Waals surface area contributed by atoms with E-state index < -0.39 is 24.3 Å². The molecule has 71 valence electrons. The van der Waals surface area contributed by atoms with E-state index in [-0.39, 0.29) is 0 Å². The van der Waals surface area contributed by atoms with Crippen LogP contribution in [0.5, 0.6) is 5.75 Å². The highest BCUT2D eigenvalue weighted by Gasteiger charge is 2.28. The maximum absolute atomic E-state index is 12.6. The fourth-order valence-corrected chi connectivity index (χ4v) is 0.672. The zero-order valence-corrected chi connectivity index (χ0v) is 6.36. The highest BCUT2D eigenvalue weighted by Crippen LogP contribution is 2.20. The molecule has 0 aliphatic heterocycles. The SMILES string of the molecule is Fc1c[c]ccc1OCC(F)(F)F. The molecule has 0 N–H and O–H groups in total. The molecule has 5 heteroatoms. The molecule has 1 nitrogen and oxygen atoms in total. The van der Waals surface area contributed by atoms with Crippen LogP contribution >= 0.6 is 0 Å². The van der Waals surface area contributed by atoms with E-state index in [4.69, 9.17) is 0 Å². The van der Waals surface area contributed by atoms with Crippen molar-refractivity contribution in [2.24, 2.45) is 0 Å². The molecule has 0 heterocycles. The van der Waals surface area contributed by atoms with Crippen LogP contribution in [-0.2, 0) is 0 Å². The van der Waals surface area contributed by atoms with E-state index in [1.165, 1.54) is 6.07 Å². The number of ether oxygens (including phenoxy) is 1. The van der Waals surface area contributed by atoms with Crippen LogP contribution in [0.1, 0.15) is 0 Å². The molecule has 0 spiro atoms. The van der Waals surface area contributed by atoms with Gasteiger partial charge in [0.25, 0.3) is 0 Å². The standard InChI is InChI=1S/C8H5F4O/c9-6-3-1-2-4-7(6)13-5-8(10,11)12/h2-4H,5H2. The van der Waals surface area contributed by atoms with Crippen molar-refractivity contribution in [3.63, 3.8) is 0 Å². The molecule has 0 aromatic heterocycles. The summed E-state index contributed by atoms with van der Waals surface area (Å²) in [5.74, 6) is -1.28. The van der Waals surface area contributed by atoms with E-state index in [0.29, 0.717) is 0 Å². The number of hydrogen-bond acceptors (Lipinski definition) is 1. The molecule has 1 aromatic rings. The number of alkyl halides is 3. The zero-order valence-electron chi connectivity index (χ0n) is 6.36. The second kappa shape index (κ2) is 3.64. The van der Waals surface area contributed by atoms with Gasteiger partial charge < -0.3 is 4.74 Å². The normalized spacial score (nSPS) is 11.4. The van der Waals surface area contributed by atoms with E-state index >= 15 is 0 Å². The third-order valence-corrected chi connectivity index (χ3v) is 1.17. The average Bonchev–Trinajstić information content (AvgIpc) is 2.01. The average molecular weight is 193 g/mol. The van der Waals surface area contributed by atoms with Gasteiger partial charge in [-0.05, 0) is 18.2 Å². The Hall–Kier alpha value is -1.26. The fourth-order valence-electron chi connectivity index (χ4n) is 0.672. The van der Waals surface area contributed by atoms with Gasteiger partial charge in [0.05, 0.1) is 0 Å². The monoisotopic (exact) mass is 193 g/mol. The van der Waals surface area contributed by atoms with Gasteiger partial charge >= 0.3 is 6.18 Å². The second-order valence-electron chi connectivity index (χ2n) is 2.26. The summed E-state index contributed by atoms with van der Waals surface area (Å²) in [4.78, 5) is 0. The third kappa shape index (κ3) is 3.31. The molecular weight excluding hydrogens is 188 g/mol. The Bertz CT molecular complexity index is 282. The van der Waals surface area contributed by atoms with Crippen molar-refractivity contribution in [3.05, 3.63) is 30.1 Å². The van der Waals surface area contributed by atoms with Crippen LogP contribution in [0, 0.1) is 11.9 Å². The molecule has 1 aromatic carbocycles. The van der Waals surface area contributed by atoms with E-state index in [9.17, 15) is 17.6 Å². The van der Waals surface area contributed by atoms with Gasteiger partial charge in [0, 0.05) is 0 Å². The highest BCUT2D eigenvalue weighted by atomic mass is 19.4. The summed E-state index contributed by atoms with van der Waals surface area (Å²) in [6.07, 6.45) is -4.45. The van der Waals surface area contributed by atoms with Crippen LogP contribution in [-0.4, -0.2) is 12.8 Å². The number of benzene rings is 1. The van der Waals surface area contributed by atoms with Crippen LogP contribution in [0.15, 0.2) is 18.2 Å². The fraction of sp³-hybridized carbons (Fsp3) is 0.250. The molecule has 0 amide bonds. The number of hydrogen-bond donors (Lipinski definition) is 0. The lowest BCUT2D eigenvalue weighted by Gasteiger charge is -2.08. The van der Waals surface area contributed by atoms with Gasteiger partial charge in [0.2, 0.25) is 0 Å². The lowest BCUT2D eigenvalue weighted by atomic mass is 10.3. The molecular formula is C8H5F4O. The van der Waals surface area contributed by atoms with Crippen LogP contribution in [0.3, 0.4) is 0 Å². The van der Waals surface area contributed by atoms with Crippen molar-refractivity contribution in [2.45, 2.75) is 6.18 Å². The first-order chi connectivity index (χ1) is 5.99. The van der Waals surface area contributed by atoms with Crippen molar-refractivity contribution in [2.75, 3.05) is 6.61 Å². The minimum Gasteiger partial charge on any atom is -0.481 e. The topological polar surface area (TPSA) is 9.23 Å². The lowest BCUT2D eigenvalue weighted by Crippen LogP contribution is -2.19. The predicted molar refractivity (Wildman–Crippen MR) is 36.8 cm³/mol. The molecule has 0 unspecified atom stereocenters. The Morgan fingerprint density at radius 1 is 1.38 bits per heavy atom. The smallest absolute Gasteiger partial charge is 0.422 e. The van der Waals surface area contributed by atoms with E-state index in [2.05, 4.69) is 10.8 Å². The Labute approximate surface area is 71.9 Å². The van der Waals surface area contributed by atoms with Gasteiger partial charge in [0.1, 0.15) is 0 Å². The lowest BCUT2D eigenvalue weighted by molar-refractivity contribution is -0.153. The van der Waals surface area contributed by atoms with E-state index in [0.717, 1.165) is 12.1 Å². The summed E-state index contributed by atoms with van der Waals surface area (Å²) < 4.78 is 51.7. The molecule has 0 bridgehead atoms. The molecule has 0 fully saturated rings. The summed E-state index contributed by atoms with van der Waals surface area (Å²) in [6.45, 7) is -1.49. The predicted octanol–water partition coefficient (Wildman–Crippen LogP) is 2.57. The Morgan fingerprint density at radius 3 is 2.62 bits per heavy atom. The van der Waals surface area contributed by atoms with Gasteiger partial charge in [-0.2, -0.15) is 13.2 Å². The van der Waals surface area contributed by atoms with Crippen LogP contribution in [0.4, 0.5) is 17.6 Å². The largest absolute Gasteiger partial charge is 0.481 e. The first-order valence-corrected chi connectivity index (χ1v) is 3.34. The van der Waals surface area contributed by atoms with Gasteiger partial charge in [-0.3, -0.25) is 0 Å². The van der Waals surface area contributed by atoms with Gasteiger partial charge in [0.15, 0.2) is 18.2 Å². The Balaban J connectivity index is 2.60. The molecule has 0 atom stereocenters. The molecule has 13 heavy (non-hydrogen) atoms. The highest BCUT2D eigenvalue weighted by molar-refractivity contribution is 5.22. The maximum atomic E-state index is 12.6. The summed E-state index contributed by atoms with van der Waals surface area (Å²) in [6, 6.07) is 5.63. The molecule has 0 saturated carbocycles. The van der Waals surface area contributed by atoms with Crippen molar-refractivity contribution in [1.29, 1.82) is 0 Å². The zero-order chi connectivity index (χ0) is 9.90. The molecule has 0 saturated heterocycles. The van der Waals surface area contributed by atoms with Crippen LogP contribution < -0.4 is 4.74 Å². The summed E-state index contributed by atoms with van der Waals surface area (Å²) in [5.41, 5.74) is 0. The number of halogens is 4. The Kier molecular flexibility index (Phi) is 2.75. The quantitative estimate of drug-likeness (QED) is 0.656. The minimum atomic E-state index is -4.45. The second-order valence-corrected chi connectivity index (χ2v) is 2.26. The van der Waals surface area contributed by atoms with Crippen molar-refractivity contribution in [1.82, 2.24) is 0 Å². The maximum Gasteiger partial charge on any atom is 0.422 e. The molecule has 1 rings (SSSR count). The van der Waals surface area contributed by atoms with Crippen molar-refractivity contribution >= 4 is 0 Å².